The molecule has 162 valence electrons. The van der Waals surface area contributed by atoms with E-state index < -0.39 is 28.9 Å². The third-order valence-electron chi connectivity index (χ3n) is 9.52. The molecule has 0 saturated heterocycles. The van der Waals surface area contributed by atoms with Gasteiger partial charge in [0.15, 0.2) is 0 Å². The van der Waals surface area contributed by atoms with Crippen LogP contribution in [0.25, 0.3) is 0 Å². The first-order valence-corrected chi connectivity index (χ1v) is 11.1. The summed E-state index contributed by atoms with van der Waals surface area (Å²) in [7, 11) is 1.36. The van der Waals surface area contributed by atoms with Crippen LogP contribution in [0.1, 0.15) is 78.6 Å². The number of fused-ring (bicyclic) bond motifs is 3. The van der Waals surface area contributed by atoms with Crippen LogP contribution < -0.4 is 0 Å². The number of esters is 2. The summed E-state index contributed by atoms with van der Waals surface area (Å²) < 4.78 is 10.9. The zero-order valence-corrected chi connectivity index (χ0v) is 18.1. The number of carbonyl (C=O) groups is 3. The minimum Gasteiger partial charge on any atom is -0.481 e. The van der Waals surface area contributed by atoms with Crippen molar-refractivity contribution in [2.45, 2.75) is 84.2 Å². The lowest BCUT2D eigenvalue weighted by Crippen LogP contribution is -2.58. The molecule has 0 aliphatic heterocycles. The monoisotopic (exact) mass is 406 g/mol. The van der Waals surface area contributed by atoms with Crippen molar-refractivity contribution >= 4 is 17.9 Å². The maximum Gasteiger partial charge on any atom is 0.350 e. The molecule has 6 nitrogen and oxygen atoms in total. The lowest BCUT2D eigenvalue weighted by molar-refractivity contribution is -0.186. The van der Waals surface area contributed by atoms with Crippen molar-refractivity contribution in [2.24, 2.45) is 34.0 Å². The van der Waals surface area contributed by atoms with Crippen molar-refractivity contribution < 1.29 is 29.0 Å². The first kappa shape index (κ1) is 20.7. The summed E-state index contributed by atoms with van der Waals surface area (Å²) in [4.78, 5) is 37.0. The third-order valence-corrected chi connectivity index (χ3v) is 9.52. The third kappa shape index (κ3) is 2.63. The van der Waals surface area contributed by atoms with Gasteiger partial charge in [0, 0.05) is 19.3 Å². The standard InChI is InChI=1S/C23H34O6/c1-14(24)29-23(19(27)28-4)13-22-11-8-16-20(2,17(22)7-6-15(23)12-22)9-5-10-21(16,3)18(25)26/h15-17H,5-13H2,1-4H3,(H,25,26)/t15-,16+,17-,20-,21-,22+,23-/m1/s1. The Morgan fingerprint density at radius 2 is 1.72 bits per heavy atom. The molecule has 1 N–H and O–H groups in total. The van der Waals surface area contributed by atoms with Gasteiger partial charge in [0.1, 0.15) is 0 Å². The van der Waals surface area contributed by atoms with Crippen LogP contribution in [0.15, 0.2) is 0 Å². The van der Waals surface area contributed by atoms with Gasteiger partial charge in [-0.15, -0.1) is 0 Å². The molecule has 4 saturated carbocycles. The SMILES string of the molecule is COC(=O)[C@@]1(OC(C)=O)C[C@@]23CC[C@H]4[C@@](C)(CCC[C@@]4(C)C(=O)O)[C@H]2CC[C@@H]1C3. The average molecular weight is 407 g/mol. The van der Waals surface area contributed by atoms with Gasteiger partial charge in [-0.05, 0) is 74.5 Å². The molecule has 1 spiro atoms. The van der Waals surface area contributed by atoms with Crippen LogP contribution in [0.5, 0.6) is 0 Å². The van der Waals surface area contributed by atoms with Gasteiger partial charge in [-0.25, -0.2) is 4.79 Å². The fourth-order valence-corrected chi connectivity index (χ4v) is 8.56. The maximum absolute atomic E-state index is 12.9. The number of carbonyl (C=O) groups excluding carboxylic acids is 2. The van der Waals surface area contributed by atoms with Crippen molar-refractivity contribution in [1.82, 2.24) is 0 Å². The van der Waals surface area contributed by atoms with Gasteiger partial charge in [-0.1, -0.05) is 13.3 Å². The first-order chi connectivity index (χ1) is 13.5. The molecule has 2 bridgehead atoms. The number of methoxy groups -OCH3 is 1. The second-order valence-electron chi connectivity index (χ2n) is 10.7. The number of hydrogen-bond donors (Lipinski definition) is 1. The van der Waals surface area contributed by atoms with Gasteiger partial charge in [-0.3, -0.25) is 9.59 Å². The van der Waals surface area contributed by atoms with E-state index in [0.29, 0.717) is 12.3 Å². The maximum atomic E-state index is 12.9. The normalized spacial score (nSPS) is 48.2. The molecule has 4 fully saturated rings. The number of carboxylic acid groups (broad SMARTS) is 1. The number of ether oxygens (including phenoxy) is 2. The van der Waals surface area contributed by atoms with Crippen LogP contribution in [0.4, 0.5) is 0 Å². The molecular formula is C23H34O6. The minimum atomic E-state index is -1.18. The minimum absolute atomic E-state index is 0.00954. The second kappa shape index (κ2) is 6.45. The van der Waals surface area contributed by atoms with Crippen LogP contribution in [-0.4, -0.2) is 35.7 Å². The van der Waals surface area contributed by atoms with Gasteiger partial charge in [0.05, 0.1) is 12.5 Å². The second-order valence-corrected chi connectivity index (χ2v) is 10.7. The van der Waals surface area contributed by atoms with Crippen LogP contribution >= 0.6 is 0 Å². The Balaban J connectivity index is 1.74. The molecule has 0 amide bonds. The highest BCUT2D eigenvalue weighted by Gasteiger charge is 2.71. The van der Waals surface area contributed by atoms with Crippen LogP contribution in [0.2, 0.25) is 0 Å². The predicted molar refractivity (Wildman–Crippen MR) is 105 cm³/mol. The van der Waals surface area contributed by atoms with Crippen LogP contribution in [0, 0.1) is 34.0 Å². The van der Waals surface area contributed by atoms with Gasteiger partial charge < -0.3 is 14.6 Å². The molecule has 29 heavy (non-hydrogen) atoms. The molecule has 0 aromatic carbocycles. The van der Waals surface area contributed by atoms with E-state index >= 15 is 0 Å². The molecule has 0 aromatic heterocycles. The van der Waals surface area contributed by atoms with Gasteiger partial charge in [0.25, 0.3) is 0 Å². The largest absolute Gasteiger partial charge is 0.481 e. The molecule has 7 atom stereocenters. The van der Waals surface area contributed by atoms with Gasteiger partial charge in [0.2, 0.25) is 5.60 Å². The Hall–Kier alpha value is -1.59. The summed E-state index contributed by atoms with van der Waals surface area (Å²) in [6.07, 6.45) is 7.64. The van der Waals surface area contributed by atoms with Crippen LogP contribution in [0.3, 0.4) is 0 Å². The summed E-state index contributed by atoms with van der Waals surface area (Å²) in [6, 6.07) is 0. The van der Waals surface area contributed by atoms with E-state index in [0.717, 1.165) is 51.4 Å². The quantitative estimate of drug-likeness (QED) is 0.714. The summed E-state index contributed by atoms with van der Waals surface area (Å²) in [5.41, 5.74) is -1.99. The molecule has 0 radical (unpaired) electrons. The van der Waals surface area contributed by atoms with E-state index in [1.165, 1.54) is 14.0 Å². The highest BCUT2D eigenvalue weighted by Crippen LogP contribution is 2.73. The Morgan fingerprint density at radius 1 is 1.00 bits per heavy atom. The van der Waals surface area contributed by atoms with Gasteiger partial charge in [-0.2, -0.15) is 0 Å². The summed E-state index contributed by atoms with van der Waals surface area (Å²) in [5.74, 6) is -1.05. The van der Waals surface area contributed by atoms with E-state index in [9.17, 15) is 19.5 Å². The van der Waals surface area contributed by atoms with Crippen molar-refractivity contribution in [2.75, 3.05) is 7.11 Å². The fourth-order valence-electron chi connectivity index (χ4n) is 8.56. The number of aliphatic carboxylic acids is 1. The molecule has 0 heterocycles. The number of rotatable bonds is 3. The van der Waals surface area contributed by atoms with Crippen LogP contribution in [-0.2, 0) is 23.9 Å². The number of hydrogen-bond acceptors (Lipinski definition) is 5. The molecule has 4 rings (SSSR count). The van der Waals surface area contributed by atoms with E-state index in [4.69, 9.17) is 9.47 Å². The Labute approximate surface area is 172 Å². The molecule has 0 unspecified atom stereocenters. The van der Waals surface area contributed by atoms with E-state index in [1.807, 2.05) is 6.92 Å². The number of carboxylic acids is 1. The Kier molecular flexibility index (Phi) is 4.60. The highest BCUT2D eigenvalue weighted by atomic mass is 16.6. The smallest absolute Gasteiger partial charge is 0.350 e. The summed E-state index contributed by atoms with van der Waals surface area (Å²) >= 11 is 0. The summed E-state index contributed by atoms with van der Waals surface area (Å²) in [5, 5.41) is 10.0. The molecule has 4 aliphatic carbocycles. The Bertz CT molecular complexity index is 748. The van der Waals surface area contributed by atoms with E-state index in [1.54, 1.807) is 0 Å². The average Bonchev–Trinajstić information content (AvgIpc) is 2.87. The zero-order valence-electron chi connectivity index (χ0n) is 18.1. The molecule has 0 aromatic rings. The van der Waals surface area contributed by atoms with Crippen molar-refractivity contribution in [3.8, 4) is 0 Å². The molecule has 4 aliphatic rings. The van der Waals surface area contributed by atoms with Crippen molar-refractivity contribution in [3.05, 3.63) is 0 Å². The van der Waals surface area contributed by atoms with Gasteiger partial charge >= 0.3 is 17.9 Å². The fraction of sp³-hybridized carbons (Fsp3) is 0.870. The zero-order chi connectivity index (χ0) is 21.2. The topological polar surface area (TPSA) is 89.9 Å². The molecular weight excluding hydrogens is 372 g/mol. The van der Waals surface area contributed by atoms with E-state index in [-0.39, 0.29) is 22.7 Å². The van der Waals surface area contributed by atoms with Crippen molar-refractivity contribution in [1.29, 1.82) is 0 Å². The summed E-state index contributed by atoms with van der Waals surface area (Å²) in [6.45, 7) is 5.60. The van der Waals surface area contributed by atoms with Crippen molar-refractivity contribution in [3.63, 3.8) is 0 Å². The molecule has 6 heteroatoms. The first-order valence-electron chi connectivity index (χ1n) is 11.1. The lowest BCUT2D eigenvalue weighted by atomic mass is 9.41. The highest BCUT2D eigenvalue weighted by molar-refractivity contribution is 5.84. The van der Waals surface area contributed by atoms with E-state index in [2.05, 4.69) is 6.92 Å². The lowest BCUT2D eigenvalue weighted by Gasteiger charge is -2.63. The predicted octanol–water partition coefficient (Wildman–Crippen LogP) is 3.96. The Morgan fingerprint density at radius 3 is 2.34 bits per heavy atom.